The van der Waals surface area contributed by atoms with E-state index in [4.69, 9.17) is 9.72 Å². The average Bonchev–Trinajstić information content (AvgIpc) is 3.60. The Morgan fingerprint density at radius 2 is 1.39 bits per heavy atom. The molecule has 0 saturated heterocycles. The van der Waals surface area contributed by atoms with Crippen LogP contribution in [0.4, 0.5) is 0 Å². The van der Waals surface area contributed by atoms with Crippen LogP contribution in [0.25, 0.3) is 44.6 Å². The molecule has 0 aliphatic heterocycles. The topological polar surface area (TPSA) is 44.9 Å². The normalized spacial score (nSPS) is 11.8. The summed E-state index contributed by atoms with van der Waals surface area (Å²) in [7, 11) is 0. The van der Waals surface area contributed by atoms with E-state index in [0.717, 1.165) is 45.3 Å². The van der Waals surface area contributed by atoms with E-state index in [1.807, 2.05) is 48.8 Å². The van der Waals surface area contributed by atoms with E-state index in [0.29, 0.717) is 0 Å². The maximum Gasteiger partial charge on any atom is 0.156 e. The second kappa shape index (κ2) is 9.79. The first kappa shape index (κ1) is 24.9. The summed E-state index contributed by atoms with van der Waals surface area (Å²) in [6.45, 7) is 6.65. The van der Waals surface area contributed by atoms with Crippen molar-refractivity contribution < 1.29 is 4.74 Å². The highest BCUT2D eigenvalue weighted by molar-refractivity contribution is 6.09. The van der Waals surface area contributed by atoms with E-state index < -0.39 is 0 Å². The Balaban J connectivity index is 1.30. The maximum atomic E-state index is 6.47. The number of rotatable bonds is 5. The van der Waals surface area contributed by atoms with Gasteiger partial charge in [-0.05, 0) is 59.5 Å². The van der Waals surface area contributed by atoms with Crippen LogP contribution in [0.5, 0.6) is 11.5 Å². The number of fused-ring (bicyclic) bond motifs is 3. The Morgan fingerprint density at radius 1 is 0.659 bits per heavy atom. The molecule has 3 heterocycles. The molecule has 0 aliphatic rings. The molecule has 41 heavy (non-hydrogen) atoms. The fourth-order valence-corrected chi connectivity index (χ4v) is 5.35. The molecular formula is C36H30N4O. The maximum absolute atomic E-state index is 6.47. The second-order valence-electron chi connectivity index (χ2n) is 11.3. The molecular weight excluding hydrogens is 504 g/mol. The number of benzene rings is 4. The zero-order valence-corrected chi connectivity index (χ0v) is 23.3. The predicted octanol–water partition coefficient (Wildman–Crippen LogP) is 9.12. The summed E-state index contributed by atoms with van der Waals surface area (Å²) in [5, 5.41) is 2.44. The van der Waals surface area contributed by atoms with Gasteiger partial charge in [0.2, 0.25) is 0 Å². The molecule has 5 heteroatoms. The number of para-hydroxylation sites is 2. The van der Waals surface area contributed by atoms with Crippen molar-refractivity contribution in [1.82, 2.24) is 19.1 Å². The fraction of sp³-hybridized carbons (Fsp3) is 0.111. The largest absolute Gasteiger partial charge is 0.457 e. The Kier molecular flexibility index (Phi) is 5.93. The fourth-order valence-electron chi connectivity index (χ4n) is 5.35. The van der Waals surface area contributed by atoms with Crippen molar-refractivity contribution in [3.8, 4) is 34.3 Å². The van der Waals surface area contributed by atoms with E-state index >= 15 is 0 Å². The van der Waals surface area contributed by atoms with E-state index in [2.05, 4.69) is 108 Å². The summed E-state index contributed by atoms with van der Waals surface area (Å²) in [5.74, 6) is 2.41. The van der Waals surface area contributed by atoms with Gasteiger partial charge in [-0.1, -0.05) is 75.4 Å². The van der Waals surface area contributed by atoms with Crippen LogP contribution in [-0.4, -0.2) is 19.1 Å². The van der Waals surface area contributed by atoms with Gasteiger partial charge in [0.05, 0.1) is 28.6 Å². The average molecular weight is 535 g/mol. The first-order chi connectivity index (χ1) is 19.9. The van der Waals surface area contributed by atoms with E-state index in [9.17, 15) is 0 Å². The molecule has 0 unspecified atom stereocenters. The minimum atomic E-state index is -0.0693. The van der Waals surface area contributed by atoms with Crippen molar-refractivity contribution in [2.24, 2.45) is 0 Å². The molecule has 0 atom stereocenters. The number of pyridine rings is 1. The highest BCUT2D eigenvalue weighted by Crippen LogP contribution is 2.34. The smallest absolute Gasteiger partial charge is 0.156 e. The van der Waals surface area contributed by atoms with Gasteiger partial charge in [-0.15, -0.1) is 0 Å². The Bertz CT molecular complexity index is 1960. The molecule has 3 aromatic heterocycles. The molecule has 7 aromatic rings. The second-order valence-corrected chi connectivity index (χ2v) is 11.3. The van der Waals surface area contributed by atoms with Crippen molar-refractivity contribution in [3.05, 3.63) is 133 Å². The molecule has 4 aromatic carbocycles. The standard InChI is InChI=1S/C36H30N4O/c1-36(2,3)26-20-27(22-29(21-26)41-28-12-10-11-25(19-28)32-15-8-9-18-37-32)39-23-35(38-24-39)40-33-16-6-4-13-30(33)31-14-5-7-17-34(31)40/h4-24H,1-3H3. The third kappa shape index (κ3) is 4.66. The number of hydrogen-bond donors (Lipinski definition) is 0. The molecule has 5 nitrogen and oxygen atoms in total. The summed E-state index contributed by atoms with van der Waals surface area (Å²) in [6, 6.07) is 37.4. The zero-order valence-electron chi connectivity index (χ0n) is 23.3. The number of hydrogen-bond acceptors (Lipinski definition) is 3. The molecule has 0 spiro atoms. The lowest BCUT2D eigenvalue weighted by molar-refractivity contribution is 0.478. The minimum Gasteiger partial charge on any atom is -0.457 e. The summed E-state index contributed by atoms with van der Waals surface area (Å²) in [4.78, 5) is 9.35. The van der Waals surface area contributed by atoms with Crippen LogP contribution in [0, 0.1) is 0 Å². The van der Waals surface area contributed by atoms with Crippen molar-refractivity contribution in [2.75, 3.05) is 0 Å². The number of nitrogens with zero attached hydrogens (tertiary/aromatic N) is 4. The van der Waals surface area contributed by atoms with Gasteiger partial charge in [-0.2, -0.15) is 0 Å². The van der Waals surface area contributed by atoms with Crippen LogP contribution in [0.15, 0.2) is 128 Å². The van der Waals surface area contributed by atoms with E-state index in [-0.39, 0.29) is 5.41 Å². The van der Waals surface area contributed by atoms with Crippen molar-refractivity contribution >= 4 is 21.8 Å². The summed E-state index contributed by atoms with van der Waals surface area (Å²) in [5.41, 5.74) is 6.31. The molecule has 0 fully saturated rings. The van der Waals surface area contributed by atoms with Crippen LogP contribution in [0.2, 0.25) is 0 Å². The molecule has 0 aliphatic carbocycles. The lowest BCUT2D eigenvalue weighted by Crippen LogP contribution is -2.12. The van der Waals surface area contributed by atoms with Crippen LogP contribution in [-0.2, 0) is 5.41 Å². The number of aromatic nitrogens is 4. The molecule has 0 N–H and O–H groups in total. The van der Waals surface area contributed by atoms with Gasteiger partial charge in [-0.25, -0.2) is 4.98 Å². The van der Waals surface area contributed by atoms with Gasteiger partial charge in [-0.3, -0.25) is 9.55 Å². The molecule has 0 bridgehead atoms. The minimum absolute atomic E-state index is 0.0693. The number of imidazole rings is 1. The van der Waals surface area contributed by atoms with Crippen LogP contribution >= 0.6 is 0 Å². The van der Waals surface area contributed by atoms with E-state index in [1.165, 1.54) is 16.3 Å². The van der Waals surface area contributed by atoms with Gasteiger partial charge in [0, 0.05) is 28.6 Å². The lowest BCUT2D eigenvalue weighted by atomic mass is 9.86. The molecule has 0 amide bonds. The van der Waals surface area contributed by atoms with Crippen molar-refractivity contribution in [1.29, 1.82) is 0 Å². The summed E-state index contributed by atoms with van der Waals surface area (Å²) < 4.78 is 10.8. The zero-order chi connectivity index (χ0) is 28.0. The Morgan fingerprint density at radius 3 is 2.10 bits per heavy atom. The molecule has 0 radical (unpaired) electrons. The highest BCUT2D eigenvalue weighted by atomic mass is 16.5. The van der Waals surface area contributed by atoms with Gasteiger partial charge < -0.3 is 9.30 Å². The first-order valence-electron chi connectivity index (χ1n) is 13.8. The monoisotopic (exact) mass is 534 g/mol. The van der Waals surface area contributed by atoms with E-state index in [1.54, 1.807) is 6.20 Å². The molecule has 0 saturated carbocycles. The lowest BCUT2D eigenvalue weighted by Gasteiger charge is -2.21. The molecule has 200 valence electrons. The molecule has 7 rings (SSSR count). The quantitative estimate of drug-likeness (QED) is 0.221. The highest BCUT2D eigenvalue weighted by Gasteiger charge is 2.18. The Hall–Kier alpha value is -5.16. The third-order valence-electron chi connectivity index (χ3n) is 7.46. The van der Waals surface area contributed by atoms with Crippen LogP contribution < -0.4 is 4.74 Å². The SMILES string of the molecule is CC(C)(C)c1cc(Oc2cccc(-c3ccccn3)c2)cc(-n2cnc(-n3c4ccccc4c4ccccc43)c2)c1. The predicted molar refractivity (Wildman–Crippen MR) is 166 cm³/mol. The third-order valence-corrected chi connectivity index (χ3v) is 7.46. The summed E-state index contributed by atoms with van der Waals surface area (Å²) >= 11 is 0. The number of ether oxygens (including phenoxy) is 1. The van der Waals surface area contributed by atoms with Gasteiger partial charge in [0.25, 0.3) is 0 Å². The van der Waals surface area contributed by atoms with Crippen LogP contribution in [0.3, 0.4) is 0 Å². The van der Waals surface area contributed by atoms with Gasteiger partial charge >= 0.3 is 0 Å². The first-order valence-corrected chi connectivity index (χ1v) is 13.8. The van der Waals surface area contributed by atoms with Crippen molar-refractivity contribution in [3.63, 3.8) is 0 Å². The van der Waals surface area contributed by atoms with Gasteiger partial charge in [0.1, 0.15) is 17.8 Å². The van der Waals surface area contributed by atoms with Crippen LogP contribution in [0.1, 0.15) is 26.3 Å². The Labute approximate surface area is 239 Å². The van der Waals surface area contributed by atoms with Gasteiger partial charge in [0.15, 0.2) is 5.82 Å². The van der Waals surface area contributed by atoms with Crippen molar-refractivity contribution in [2.45, 2.75) is 26.2 Å². The summed E-state index contributed by atoms with van der Waals surface area (Å²) in [6.07, 6.45) is 5.78.